The van der Waals surface area contributed by atoms with Crippen molar-refractivity contribution in [2.75, 3.05) is 13.7 Å². The van der Waals surface area contributed by atoms with Gasteiger partial charge in [-0.1, -0.05) is 6.92 Å². The van der Waals surface area contributed by atoms with Gasteiger partial charge in [0.05, 0.1) is 12.9 Å². The number of amidine groups is 1. The Morgan fingerprint density at radius 2 is 2.14 bits per heavy atom. The highest BCUT2D eigenvalue weighted by molar-refractivity contribution is 5.79. The summed E-state index contributed by atoms with van der Waals surface area (Å²) in [6.07, 6.45) is 3.40. The normalized spacial score (nSPS) is 21.4. The molecule has 0 heterocycles. The predicted octanol–water partition coefficient (Wildman–Crippen LogP) is 3.31. The van der Waals surface area contributed by atoms with E-state index in [-0.39, 0.29) is 5.75 Å². The smallest absolute Gasteiger partial charge is 0.168 e. The van der Waals surface area contributed by atoms with Gasteiger partial charge < -0.3 is 10.5 Å². The van der Waals surface area contributed by atoms with E-state index < -0.39 is 11.6 Å². The van der Waals surface area contributed by atoms with Crippen LogP contribution in [0.1, 0.15) is 31.7 Å². The molecule has 1 saturated carbocycles. The highest BCUT2D eigenvalue weighted by Gasteiger charge is 2.36. The fourth-order valence-corrected chi connectivity index (χ4v) is 2.60. The number of ether oxygens (including phenoxy) is 1. The van der Waals surface area contributed by atoms with Crippen molar-refractivity contribution >= 4 is 5.84 Å². The Bertz CT molecular complexity index is 531. The zero-order valence-electron chi connectivity index (χ0n) is 12.5. The lowest BCUT2D eigenvalue weighted by Crippen LogP contribution is -2.10. The number of methoxy groups -OCH3 is 1. The van der Waals surface area contributed by atoms with Crippen LogP contribution in [0.25, 0.3) is 0 Å². The summed E-state index contributed by atoms with van der Waals surface area (Å²) >= 11 is 0. The van der Waals surface area contributed by atoms with Crippen LogP contribution < -0.4 is 10.5 Å². The maximum atomic E-state index is 13.6. The zero-order valence-corrected chi connectivity index (χ0v) is 12.5. The molecule has 1 aliphatic carbocycles. The zero-order chi connectivity index (χ0) is 15.4. The van der Waals surface area contributed by atoms with Crippen molar-refractivity contribution in [2.45, 2.75) is 32.6 Å². The second-order valence-corrected chi connectivity index (χ2v) is 5.56. The van der Waals surface area contributed by atoms with Gasteiger partial charge in [0.2, 0.25) is 0 Å². The van der Waals surface area contributed by atoms with Crippen molar-refractivity contribution < 1.29 is 13.5 Å². The Balaban J connectivity index is 1.88. The third kappa shape index (κ3) is 4.16. The second kappa shape index (κ2) is 6.87. The van der Waals surface area contributed by atoms with E-state index in [0.29, 0.717) is 29.7 Å². The van der Waals surface area contributed by atoms with Crippen molar-refractivity contribution in [3.05, 3.63) is 29.3 Å². The molecule has 116 valence electrons. The Morgan fingerprint density at radius 1 is 1.38 bits per heavy atom. The third-order valence-electron chi connectivity index (χ3n) is 4.03. The predicted molar refractivity (Wildman–Crippen MR) is 79.6 cm³/mol. The average molecular weight is 296 g/mol. The van der Waals surface area contributed by atoms with Crippen LogP contribution in [0, 0.1) is 23.5 Å². The van der Waals surface area contributed by atoms with Crippen molar-refractivity contribution in [2.24, 2.45) is 22.6 Å². The van der Waals surface area contributed by atoms with Gasteiger partial charge in [0.15, 0.2) is 11.6 Å². The molecule has 0 saturated heterocycles. The van der Waals surface area contributed by atoms with Crippen molar-refractivity contribution in [1.29, 1.82) is 0 Å². The first-order chi connectivity index (χ1) is 10.0. The molecular weight excluding hydrogens is 274 g/mol. The summed E-state index contributed by atoms with van der Waals surface area (Å²) in [5.41, 5.74) is 6.28. The molecule has 2 N–H and O–H groups in total. The Labute approximate surface area is 124 Å². The number of aryl methyl sites for hydroxylation is 1. The molecule has 3 nitrogen and oxygen atoms in total. The molecular formula is C16H22F2N2O. The molecule has 2 atom stereocenters. The lowest BCUT2D eigenvalue weighted by molar-refractivity contribution is 0.377. The van der Waals surface area contributed by atoms with E-state index in [9.17, 15) is 8.78 Å². The van der Waals surface area contributed by atoms with Gasteiger partial charge in [0.25, 0.3) is 0 Å². The molecule has 5 heteroatoms. The molecule has 1 aromatic rings. The largest absolute Gasteiger partial charge is 0.493 e. The van der Waals surface area contributed by atoms with Crippen LogP contribution in [0.15, 0.2) is 17.1 Å². The van der Waals surface area contributed by atoms with E-state index in [1.54, 1.807) is 0 Å². The fraction of sp³-hybridized carbons (Fsp3) is 0.562. The van der Waals surface area contributed by atoms with Crippen LogP contribution in [0.3, 0.4) is 0 Å². The first-order valence-electron chi connectivity index (χ1n) is 7.35. The number of rotatable bonds is 7. The monoisotopic (exact) mass is 296 g/mol. The Hall–Kier alpha value is -1.65. The number of aliphatic imine (C=N–C) groups is 1. The molecule has 1 unspecified atom stereocenters. The number of nitrogens with two attached hydrogens (primary N) is 1. The molecule has 1 aromatic carbocycles. The van der Waals surface area contributed by atoms with Crippen LogP contribution in [0.2, 0.25) is 0 Å². The molecule has 21 heavy (non-hydrogen) atoms. The minimum absolute atomic E-state index is 0.154. The van der Waals surface area contributed by atoms with Crippen LogP contribution >= 0.6 is 0 Å². The van der Waals surface area contributed by atoms with E-state index in [1.165, 1.54) is 13.2 Å². The quantitative estimate of drug-likeness (QED) is 0.620. The summed E-state index contributed by atoms with van der Waals surface area (Å²) in [7, 11) is 1.40. The lowest BCUT2D eigenvalue weighted by atomic mass is 10.0. The maximum Gasteiger partial charge on any atom is 0.168 e. The van der Waals surface area contributed by atoms with E-state index in [0.717, 1.165) is 31.9 Å². The summed E-state index contributed by atoms with van der Waals surface area (Å²) in [5, 5.41) is 0. The summed E-state index contributed by atoms with van der Waals surface area (Å²) in [4.78, 5) is 4.32. The van der Waals surface area contributed by atoms with Gasteiger partial charge in [0, 0.05) is 24.6 Å². The number of benzene rings is 1. The summed E-state index contributed by atoms with van der Waals surface area (Å²) < 4.78 is 31.9. The van der Waals surface area contributed by atoms with E-state index in [4.69, 9.17) is 10.5 Å². The minimum Gasteiger partial charge on any atom is -0.493 e. The van der Waals surface area contributed by atoms with Crippen LogP contribution in [-0.2, 0) is 6.42 Å². The van der Waals surface area contributed by atoms with Crippen LogP contribution in [-0.4, -0.2) is 19.5 Å². The fourth-order valence-electron chi connectivity index (χ4n) is 2.60. The minimum atomic E-state index is -0.639. The van der Waals surface area contributed by atoms with Gasteiger partial charge in [-0.25, -0.2) is 8.78 Å². The molecule has 0 aromatic heterocycles. The summed E-state index contributed by atoms with van der Waals surface area (Å²) in [6.45, 7) is 2.74. The SMILES string of the molecule is CCC(N)=NCC1C[C@@H]1CCc1cc(F)cc(F)c1OC. The van der Waals surface area contributed by atoms with E-state index in [1.807, 2.05) is 6.92 Å². The van der Waals surface area contributed by atoms with E-state index >= 15 is 0 Å². The van der Waals surface area contributed by atoms with Gasteiger partial charge in [-0.3, -0.25) is 4.99 Å². The first kappa shape index (κ1) is 15.7. The second-order valence-electron chi connectivity index (χ2n) is 5.56. The molecule has 0 aliphatic heterocycles. The summed E-state index contributed by atoms with van der Waals surface area (Å²) in [6, 6.07) is 2.21. The van der Waals surface area contributed by atoms with Crippen LogP contribution in [0.5, 0.6) is 5.75 Å². The Morgan fingerprint density at radius 3 is 2.81 bits per heavy atom. The van der Waals surface area contributed by atoms with Gasteiger partial charge in [-0.2, -0.15) is 0 Å². The van der Waals surface area contributed by atoms with Gasteiger partial charge in [-0.05, 0) is 37.2 Å². The molecule has 0 bridgehead atoms. The van der Waals surface area contributed by atoms with Gasteiger partial charge >= 0.3 is 0 Å². The maximum absolute atomic E-state index is 13.6. The molecule has 0 amide bonds. The van der Waals surface area contributed by atoms with Gasteiger partial charge in [-0.15, -0.1) is 0 Å². The highest BCUT2D eigenvalue weighted by Crippen LogP contribution is 2.42. The molecule has 1 fully saturated rings. The van der Waals surface area contributed by atoms with Gasteiger partial charge in [0.1, 0.15) is 5.82 Å². The molecule has 0 radical (unpaired) electrons. The number of hydrogen-bond donors (Lipinski definition) is 1. The average Bonchev–Trinajstić information content (AvgIpc) is 3.20. The van der Waals surface area contributed by atoms with Crippen molar-refractivity contribution in [3.8, 4) is 5.75 Å². The first-order valence-corrected chi connectivity index (χ1v) is 7.35. The molecule has 1 aliphatic rings. The topological polar surface area (TPSA) is 47.6 Å². The Kier molecular flexibility index (Phi) is 5.15. The number of hydrogen-bond acceptors (Lipinski definition) is 2. The molecule has 2 rings (SSSR count). The van der Waals surface area contributed by atoms with Crippen LogP contribution in [0.4, 0.5) is 8.78 Å². The van der Waals surface area contributed by atoms with Crippen molar-refractivity contribution in [3.63, 3.8) is 0 Å². The highest BCUT2D eigenvalue weighted by atomic mass is 19.1. The molecule has 0 spiro atoms. The number of nitrogens with zero attached hydrogens (tertiary/aromatic N) is 1. The van der Waals surface area contributed by atoms with E-state index in [2.05, 4.69) is 4.99 Å². The third-order valence-corrected chi connectivity index (χ3v) is 4.03. The summed E-state index contributed by atoms with van der Waals surface area (Å²) in [5.74, 6) is 0.765. The number of halogens is 2. The standard InChI is InChI=1S/C16H22F2N2O/c1-3-15(19)20-9-12-6-10(12)4-5-11-7-13(17)8-14(18)16(11)21-2/h7-8,10,12H,3-6,9H2,1-2H3,(H2,19,20)/t10-,12?/m0/s1. The van der Waals surface area contributed by atoms with Crippen molar-refractivity contribution in [1.82, 2.24) is 0 Å². The lowest BCUT2D eigenvalue weighted by Gasteiger charge is -2.09.